The third kappa shape index (κ3) is 3.86. The number of aliphatic hydroxyl groups excluding tert-OH is 1. The fourth-order valence-corrected chi connectivity index (χ4v) is 3.07. The van der Waals surface area contributed by atoms with Crippen molar-refractivity contribution in [2.45, 2.75) is 45.6 Å². The summed E-state index contributed by atoms with van der Waals surface area (Å²) in [5.74, 6) is 5.62. The molecule has 3 heteroatoms. The van der Waals surface area contributed by atoms with Crippen LogP contribution in [0.1, 0.15) is 54.1 Å². The number of aryl methyl sites for hydroxylation is 1. The average molecular weight is 285 g/mol. The van der Waals surface area contributed by atoms with Crippen molar-refractivity contribution in [2.75, 3.05) is 13.2 Å². The number of carbonyl (C=O) groups excluding carboxylic acids is 1. The molecule has 1 aliphatic carbocycles. The molecule has 0 bridgehead atoms. The third-order valence-electron chi connectivity index (χ3n) is 4.00. The molecule has 1 saturated carbocycles. The summed E-state index contributed by atoms with van der Waals surface area (Å²) < 4.78 is 0. The van der Waals surface area contributed by atoms with Gasteiger partial charge in [0, 0.05) is 23.7 Å². The van der Waals surface area contributed by atoms with E-state index in [-0.39, 0.29) is 12.5 Å². The van der Waals surface area contributed by atoms with Gasteiger partial charge in [-0.05, 0) is 50.5 Å². The lowest BCUT2D eigenvalue weighted by molar-refractivity contribution is 0.0693. The van der Waals surface area contributed by atoms with E-state index in [0.717, 1.165) is 30.5 Å². The van der Waals surface area contributed by atoms with E-state index in [1.165, 1.54) is 12.8 Å². The van der Waals surface area contributed by atoms with Crippen molar-refractivity contribution in [3.8, 4) is 11.8 Å². The van der Waals surface area contributed by atoms with Gasteiger partial charge in [0.25, 0.3) is 5.91 Å². The summed E-state index contributed by atoms with van der Waals surface area (Å²) in [7, 11) is 0. The van der Waals surface area contributed by atoms with Crippen LogP contribution in [-0.4, -0.2) is 35.1 Å². The number of hydrogen-bond donors (Lipinski definition) is 1. The molecule has 2 rings (SSSR count). The molecule has 0 radical (unpaired) electrons. The Balaban J connectivity index is 2.26. The second-order valence-corrected chi connectivity index (χ2v) is 5.58. The summed E-state index contributed by atoms with van der Waals surface area (Å²) in [5, 5.41) is 8.80. The number of hydrogen-bond acceptors (Lipinski definition) is 2. The second-order valence-electron chi connectivity index (χ2n) is 5.58. The van der Waals surface area contributed by atoms with E-state index in [9.17, 15) is 4.79 Å². The molecule has 1 aromatic carbocycles. The summed E-state index contributed by atoms with van der Waals surface area (Å²) >= 11 is 0. The van der Waals surface area contributed by atoms with Gasteiger partial charge in [-0.1, -0.05) is 24.7 Å². The molecule has 1 amide bonds. The molecule has 0 saturated heterocycles. The second kappa shape index (κ2) is 7.28. The number of benzene rings is 1. The minimum Gasteiger partial charge on any atom is -0.384 e. The zero-order chi connectivity index (χ0) is 15.2. The Kier molecular flexibility index (Phi) is 5.41. The molecular weight excluding hydrogens is 262 g/mol. The molecule has 112 valence electrons. The SMILES string of the molecule is CCN(C(=O)c1cc(C)cc(C#CCO)c1)C1CCCC1. The van der Waals surface area contributed by atoms with Crippen LogP contribution < -0.4 is 0 Å². The van der Waals surface area contributed by atoms with Gasteiger partial charge in [0.2, 0.25) is 0 Å². The molecule has 1 N–H and O–H groups in total. The topological polar surface area (TPSA) is 40.5 Å². The Bertz CT molecular complexity index is 562. The van der Waals surface area contributed by atoms with Crippen molar-refractivity contribution >= 4 is 5.91 Å². The summed E-state index contributed by atoms with van der Waals surface area (Å²) in [4.78, 5) is 14.8. The van der Waals surface area contributed by atoms with Gasteiger partial charge in [0.15, 0.2) is 0 Å². The van der Waals surface area contributed by atoms with Gasteiger partial charge in [-0.25, -0.2) is 0 Å². The lowest BCUT2D eigenvalue weighted by Crippen LogP contribution is -2.38. The van der Waals surface area contributed by atoms with Crippen LogP contribution in [0.4, 0.5) is 0 Å². The highest BCUT2D eigenvalue weighted by molar-refractivity contribution is 5.95. The molecule has 0 unspecified atom stereocenters. The number of amides is 1. The molecule has 0 spiro atoms. The van der Waals surface area contributed by atoms with Crippen LogP contribution in [0.3, 0.4) is 0 Å². The van der Waals surface area contributed by atoms with E-state index in [0.29, 0.717) is 11.6 Å². The quantitative estimate of drug-likeness (QED) is 0.868. The lowest BCUT2D eigenvalue weighted by Gasteiger charge is -2.28. The van der Waals surface area contributed by atoms with E-state index in [1.807, 2.05) is 36.9 Å². The molecule has 1 aliphatic rings. The van der Waals surface area contributed by atoms with Crippen LogP contribution in [0, 0.1) is 18.8 Å². The summed E-state index contributed by atoms with van der Waals surface area (Å²) in [6.45, 7) is 4.58. The van der Waals surface area contributed by atoms with E-state index in [4.69, 9.17) is 5.11 Å². The maximum Gasteiger partial charge on any atom is 0.254 e. The standard InChI is InChI=1S/C18H23NO2/c1-3-19(17-8-4-5-9-17)18(21)16-12-14(2)11-15(13-16)7-6-10-20/h11-13,17,20H,3-5,8-10H2,1-2H3. The highest BCUT2D eigenvalue weighted by atomic mass is 16.2. The number of carbonyl (C=O) groups is 1. The Morgan fingerprint density at radius 3 is 2.67 bits per heavy atom. The van der Waals surface area contributed by atoms with E-state index >= 15 is 0 Å². The van der Waals surface area contributed by atoms with Gasteiger partial charge in [0.1, 0.15) is 6.61 Å². The van der Waals surface area contributed by atoms with Gasteiger partial charge < -0.3 is 10.0 Å². The molecular formula is C18H23NO2. The molecule has 3 nitrogen and oxygen atoms in total. The van der Waals surface area contributed by atoms with Gasteiger partial charge >= 0.3 is 0 Å². The summed E-state index contributed by atoms with van der Waals surface area (Å²) in [5.41, 5.74) is 2.51. The first kappa shape index (κ1) is 15.6. The molecule has 21 heavy (non-hydrogen) atoms. The van der Waals surface area contributed by atoms with Gasteiger partial charge in [-0.2, -0.15) is 0 Å². The number of rotatable bonds is 3. The van der Waals surface area contributed by atoms with E-state index in [1.54, 1.807) is 0 Å². The fraction of sp³-hybridized carbons (Fsp3) is 0.500. The van der Waals surface area contributed by atoms with E-state index in [2.05, 4.69) is 11.8 Å². The predicted molar refractivity (Wildman–Crippen MR) is 84.1 cm³/mol. The molecule has 0 aromatic heterocycles. The highest BCUT2D eigenvalue weighted by Gasteiger charge is 2.26. The fourth-order valence-electron chi connectivity index (χ4n) is 3.07. The number of nitrogens with zero attached hydrogens (tertiary/aromatic N) is 1. The van der Waals surface area contributed by atoms with Gasteiger partial charge in [-0.3, -0.25) is 4.79 Å². The van der Waals surface area contributed by atoms with Crippen molar-refractivity contribution in [1.82, 2.24) is 4.90 Å². The Hall–Kier alpha value is -1.79. The highest BCUT2D eigenvalue weighted by Crippen LogP contribution is 2.25. The molecule has 0 heterocycles. The lowest BCUT2D eigenvalue weighted by atomic mass is 10.0. The predicted octanol–water partition coefficient (Wildman–Crippen LogP) is 2.74. The largest absolute Gasteiger partial charge is 0.384 e. The van der Waals surface area contributed by atoms with E-state index < -0.39 is 0 Å². The van der Waals surface area contributed by atoms with Crippen molar-refractivity contribution in [3.05, 3.63) is 34.9 Å². The molecule has 1 aromatic rings. The van der Waals surface area contributed by atoms with Crippen LogP contribution in [-0.2, 0) is 0 Å². The first-order valence-corrected chi connectivity index (χ1v) is 7.68. The van der Waals surface area contributed by atoms with Gasteiger partial charge in [-0.15, -0.1) is 0 Å². The normalized spacial score (nSPS) is 14.6. The van der Waals surface area contributed by atoms with Crippen molar-refractivity contribution in [3.63, 3.8) is 0 Å². The van der Waals surface area contributed by atoms with Crippen LogP contribution in [0.15, 0.2) is 18.2 Å². The summed E-state index contributed by atoms with van der Waals surface area (Å²) in [6.07, 6.45) is 4.66. The first-order valence-electron chi connectivity index (χ1n) is 7.68. The zero-order valence-electron chi connectivity index (χ0n) is 12.9. The van der Waals surface area contributed by atoms with Crippen molar-refractivity contribution in [1.29, 1.82) is 0 Å². The third-order valence-corrected chi connectivity index (χ3v) is 4.00. The maximum absolute atomic E-state index is 12.8. The minimum atomic E-state index is -0.166. The Morgan fingerprint density at radius 1 is 1.33 bits per heavy atom. The van der Waals surface area contributed by atoms with Crippen molar-refractivity contribution < 1.29 is 9.90 Å². The molecule has 0 aliphatic heterocycles. The van der Waals surface area contributed by atoms with Gasteiger partial charge in [0.05, 0.1) is 0 Å². The van der Waals surface area contributed by atoms with Crippen LogP contribution in [0.2, 0.25) is 0 Å². The zero-order valence-corrected chi connectivity index (χ0v) is 12.9. The van der Waals surface area contributed by atoms with Crippen LogP contribution in [0.25, 0.3) is 0 Å². The monoisotopic (exact) mass is 285 g/mol. The first-order chi connectivity index (χ1) is 10.2. The molecule has 1 fully saturated rings. The van der Waals surface area contributed by atoms with Crippen LogP contribution >= 0.6 is 0 Å². The minimum absolute atomic E-state index is 0.0974. The Labute approximate surface area is 127 Å². The van der Waals surface area contributed by atoms with Crippen molar-refractivity contribution in [2.24, 2.45) is 0 Å². The average Bonchev–Trinajstić information content (AvgIpc) is 2.99. The smallest absolute Gasteiger partial charge is 0.254 e. The van der Waals surface area contributed by atoms with Crippen LogP contribution in [0.5, 0.6) is 0 Å². The number of aliphatic hydroxyl groups is 1. The summed E-state index contributed by atoms with van der Waals surface area (Å²) in [6, 6.07) is 6.07. The maximum atomic E-state index is 12.8. The molecule has 0 atom stereocenters. The Morgan fingerprint density at radius 2 is 2.05 bits per heavy atom.